The number of benzene rings is 1. The molecule has 1 aromatic rings. The maximum Gasteiger partial charge on any atom is 0.0234 e. The summed E-state index contributed by atoms with van der Waals surface area (Å²) in [7, 11) is 2.15. The molecule has 0 aliphatic carbocycles. The molecule has 1 rings (SSSR count). The number of rotatable bonds is 6. The smallest absolute Gasteiger partial charge is 0.0234 e. The van der Waals surface area contributed by atoms with E-state index in [1.165, 1.54) is 11.1 Å². The van der Waals surface area contributed by atoms with Crippen LogP contribution in [0.15, 0.2) is 24.3 Å². The first-order valence-corrected chi connectivity index (χ1v) is 6.19. The van der Waals surface area contributed by atoms with Crippen molar-refractivity contribution in [1.29, 1.82) is 0 Å². The van der Waals surface area contributed by atoms with Crippen LogP contribution in [0.3, 0.4) is 0 Å². The van der Waals surface area contributed by atoms with Crippen molar-refractivity contribution in [2.75, 3.05) is 13.6 Å². The van der Waals surface area contributed by atoms with Crippen molar-refractivity contribution in [1.82, 2.24) is 4.90 Å². The fourth-order valence-electron chi connectivity index (χ4n) is 1.96. The SMILES string of the molecule is CCc1ccc(CN(C)C(CC)CN)cc1. The summed E-state index contributed by atoms with van der Waals surface area (Å²) < 4.78 is 0. The maximum absolute atomic E-state index is 5.74. The van der Waals surface area contributed by atoms with Gasteiger partial charge in [0, 0.05) is 19.1 Å². The number of likely N-dealkylation sites (N-methyl/N-ethyl adjacent to an activating group) is 1. The highest BCUT2D eigenvalue weighted by molar-refractivity contribution is 5.22. The zero-order valence-corrected chi connectivity index (χ0v) is 10.7. The Morgan fingerprint density at radius 2 is 1.69 bits per heavy atom. The molecule has 0 saturated heterocycles. The fourth-order valence-corrected chi connectivity index (χ4v) is 1.96. The van der Waals surface area contributed by atoms with Gasteiger partial charge in [-0.15, -0.1) is 0 Å². The molecule has 0 aliphatic rings. The molecular weight excluding hydrogens is 196 g/mol. The maximum atomic E-state index is 5.74. The molecule has 0 aromatic heterocycles. The first-order valence-electron chi connectivity index (χ1n) is 6.19. The van der Waals surface area contributed by atoms with Gasteiger partial charge < -0.3 is 5.73 Å². The van der Waals surface area contributed by atoms with Crippen molar-refractivity contribution < 1.29 is 0 Å². The second kappa shape index (κ2) is 6.66. The van der Waals surface area contributed by atoms with Crippen LogP contribution in [0.25, 0.3) is 0 Å². The fraction of sp³-hybridized carbons (Fsp3) is 0.571. The van der Waals surface area contributed by atoms with Crippen molar-refractivity contribution >= 4 is 0 Å². The molecule has 0 fully saturated rings. The zero-order chi connectivity index (χ0) is 12.0. The molecule has 0 aliphatic heterocycles. The predicted octanol–water partition coefficient (Wildman–Crippen LogP) is 2.42. The van der Waals surface area contributed by atoms with Crippen LogP contribution < -0.4 is 5.73 Å². The molecule has 0 spiro atoms. The second-order valence-electron chi connectivity index (χ2n) is 4.38. The second-order valence-corrected chi connectivity index (χ2v) is 4.38. The summed E-state index contributed by atoms with van der Waals surface area (Å²) in [4.78, 5) is 2.33. The highest BCUT2D eigenvalue weighted by Gasteiger charge is 2.10. The van der Waals surface area contributed by atoms with E-state index in [9.17, 15) is 0 Å². The van der Waals surface area contributed by atoms with Crippen LogP contribution in [-0.2, 0) is 13.0 Å². The first-order chi connectivity index (χ1) is 7.71. The van der Waals surface area contributed by atoms with Gasteiger partial charge in [-0.25, -0.2) is 0 Å². The molecule has 1 atom stereocenters. The third-order valence-corrected chi connectivity index (χ3v) is 3.23. The topological polar surface area (TPSA) is 29.3 Å². The molecule has 0 saturated carbocycles. The molecule has 0 amide bonds. The Hall–Kier alpha value is -0.860. The molecule has 0 bridgehead atoms. The molecule has 0 heterocycles. The van der Waals surface area contributed by atoms with E-state index in [-0.39, 0.29) is 0 Å². The van der Waals surface area contributed by atoms with Gasteiger partial charge in [0.1, 0.15) is 0 Å². The van der Waals surface area contributed by atoms with Crippen LogP contribution in [0.5, 0.6) is 0 Å². The van der Waals surface area contributed by atoms with Crippen molar-refractivity contribution in [2.45, 2.75) is 39.3 Å². The molecule has 2 N–H and O–H groups in total. The van der Waals surface area contributed by atoms with Crippen LogP contribution in [-0.4, -0.2) is 24.5 Å². The van der Waals surface area contributed by atoms with Crippen LogP contribution >= 0.6 is 0 Å². The third-order valence-electron chi connectivity index (χ3n) is 3.23. The van der Waals surface area contributed by atoms with Gasteiger partial charge in [-0.05, 0) is 31.0 Å². The minimum atomic E-state index is 0.492. The van der Waals surface area contributed by atoms with E-state index >= 15 is 0 Å². The van der Waals surface area contributed by atoms with Crippen molar-refractivity contribution in [2.24, 2.45) is 5.73 Å². The molecule has 16 heavy (non-hydrogen) atoms. The van der Waals surface area contributed by atoms with Gasteiger partial charge in [-0.3, -0.25) is 4.90 Å². The highest BCUT2D eigenvalue weighted by Crippen LogP contribution is 2.10. The lowest BCUT2D eigenvalue weighted by atomic mass is 10.1. The Bertz CT molecular complexity index is 288. The Balaban J connectivity index is 2.58. The number of aryl methyl sites for hydroxylation is 1. The molecule has 0 radical (unpaired) electrons. The minimum Gasteiger partial charge on any atom is -0.329 e. The predicted molar refractivity (Wildman–Crippen MR) is 70.4 cm³/mol. The average molecular weight is 220 g/mol. The summed E-state index contributed by atoms with van der Waals surface area (Å²) in [5.74, 6) is 0. The van der Waals surface area contributed by atoms with E-state index in [1.807, 2.05) is 0 Å². The molecule has 2 heteroatoms. The average Bonchev–Trinajstić information content (AvgIpc) is 2.31. The number of hydrogen-bond donors (Lipinski definition) is 1. The van der Waals surface area contributed by atoms with Gasteiger partial charge in [-0.1, -0.05) is 38.1 Å². The summed E-state index contributed by atoms with van der Waals surface area (Å²) in [6.45, 7) is 6.09. The number of nitrogens with two attached hydrogens (primary N) is 1. The van der Waals surface area contributed by atoms with E-state index < -0.39 is 0 Å². The Kier molecular flexibility index (Phi) is 5.50. The van der Waals surface area contributed by atoms with Crippen LogP contribution in [0.1, 0.15) is 31.4 Å². The van der Waals surface area contributed by atoms with Crippen LogP contribution in [0.4, 0.5) is 0 Å². The van der Waals surface area contributed by atoms with E-state index in [0.29, 0.717) is 6.04 Å². The van der Waals surface area contributed by atoms with Crippen LogP contribution in [0, 0.1) is 0 Å². The quantitative estimate of drug-likeness (QED) is 0.797. The van der Waals surface area contributed by atoms with Gasteiger partial charge in [0.05, 0.1) is 0 Å². The Labute approximate surface area is 99.5 Å². The zero-order valence-electron chi connectivity index (χ0n) is 10.7. The highest BCUT2D eigenvalue weighted by atomic mass is 15.1. The molecule has 90 valence electrons. The van der Waals surface area contributed by atoms with E-state index in [0.717, 1.165) is 25.9 Å². The van der Waals surface area contributed by atoms with Gasteiger partial charge in [0.2, 0.25) is 0 Å². The normalized spacial score (nSPS) is 13.1. The van der Waals surface area contributed by atoms with Gasteiger partial charge >= 0.3 is 0 Å². The summed E-state index contributed by atoms with van der Waals surface area (Å²) in [6, 6.07) is 9.36. The third kappa shape index (κ3) is 3.62. The lowest BCUT2D eigenvalue weighted by Gasteiger charge is -2.25. The number of hydrogen-bond acceptors (Lipinski definition) is 2. The summed E-state index contributed by atoms with van der Waals surface area (Å²) in [6.07, 6.45) is 2.22. The van der Waals surface area contributed by atoms with Crippen molar-refractivity contribution in [3.63, 3.8) is 0 Å². The van der Waals surface area contributed by atoms with E-state index in [1.54, 1.807) is 0 Å². The van der Waals surface area contributed by atoms with Crippen molar-refractivity contribution in [3.8, 4) is 0 Å². The standard InChI is InChI=1S/C14H24N2/c1-4-12-6-8-13(9-7-12)11-16(3)14(5-2)10-15/h6-9,14H,4-5,10-11,15H2,1-3H3. The first kappa shape index (κ1) is 13.2. The van der Waals surface area contributed by atoms with Crippen LogP contribution in [0.2, 0.25) is 0 Å². The molecule has 1 unspecified atom stereocenters. The molecule has 2 nitrogen and oxygen atoms in total. The van der Waals surface area contributed by atoms with E-state index in [4.69, 9.17) is 5.73 Å². The monoisotopic (exact) mass is 220 g/mol. The summed E-state index contributed by atoms with van der Waals surface area (Å²) >= 11 is 0. The van der Waals surface area contributed by atoms with E-state index in [2.05, 4.69) is 50.1 Å². The summed E-state index contributed by atoms with van der Waals surface area (Å²) in [5.41, 5.74) is 8.51. The molecule has 1 aromatic carbocycles. The molecular formula is C14H24N2. The van der Waals surface area contributed by atoms with Gasteiger partial charge in [-0.2, -0.15) is 0 Å². The lowest BCUT2D eigenvalue weighted by Crippen LogP contribution is -2.36. The summed E-state index contributed by atoms with van der Waals surface area (Å²) in [5, 5.41) is 0. The minimum absolute atomic E-state index is 0.492. The van der Waals surface area contributed by atoms with Crippen molar-refractivity contribution in [3.05, 3.63) is 35.4 Å². The van der Waals surface area contributed by atoms with Gasteiger partial charge in [0.15, 0.2) is 0 Å². The number of nitrogens with zero attached hydrogens (tertiary/aromatic N) is 1. The lowest BCUT2D eigenvalue weighted by molar-refractivity contribution is 0.233. The Morgan fingerprint density at radius 3 is 2.12 bits per heavy atom. The van der Waals surface area contributed by atoms with Gasteiger partial charge in [0.25, 0.3) is 0 Å². The largest absolute Gasteiger partial charge is 0.329 e. The Morgan fingerprint density at radius 1 is 1.12 bits per heavy atom.